The van der Waals surface area contributed by atoms with Crippen LogP contribution in [0, 0.1) is 0 Å². The number of ether oxygens (including phenoxy) is 1. The lowest BCUT2D eigenvalue weighted by Gasteiger charge is -1.68. The molecular weight excluding hydrogens is 96.1 g/mol. The van der Waals surface area contributed by atoms with E-state index in [1.54, 1.807) is 0 Å². The van der Waals surface area contributed by atoms with Crippen molar-refractivity contribution in [3.63, 3.8) is 0 Å². The van der Waals surface area contributed by atoms with Crippen LogP contribution in [0.3, 0.4) is 0 Å². The standard InChI is InChI=1S/C3H6O2Si/c4-6-2-3-1-5-3/h3,6H,1-2H2. The van der Waals surface area contributed by atoms with Gasteiger partial charge in [0.1, 0.15) is 0 Å². The number of hydrogen-bond acceptors (Lipinski definition) is 2. The van der Waals surface area contributed by atoms with E-state index in [0.29, 0.717) is 6.10 Å². The molecule has 1 aliphatic heterocycles. The van der Waals surface area contributed by atoms with E-state index in [0.717, 1.165) is 12.7 Å². The van der Waals surface area contributed by atoms with E-state index in [4.69, 9.17) is 4.74 Å². The van der Waals surface area contributed by atoms with Gasteiger partial charge in [0.05, 0.1) is 12.7 Å². The Bertz CT molecular complexity index is 59.8. The molecule has 1 unspecified atom stereocenters. The van der Waals surface area contributed by atoms with Crippen LogP contribution in [0.5, 0.6) is 0 Å². The monoisotopic (exact) mass is 102 g/mol. The molecule has 1 rings (SSSR count). The van der Waals surface area contributed by atoms with Crippen molar-refractivity contribution >= 4 is 9.41 Å². The maximum absolute atomic E-state index is 9.78. The quantitative estimate of drug-likeness (QED) is 0.350. The molecule has 1 atom stereocenters. The molecule has 1 fully saturated rings. The van der Waals surface area contributed by atoms with Gasteiger partial charge in [0.25, 0.3) is 9.41 Å². The maximum atomic E-state index is 9.78. The summed E-state index contributed by atoms with van der Waals surface area (Å²) < 4.78 is 14.6. The number of hydrogen-bond donors (Lipinski definition) is 0. The van der Waals surface area contributed by atoms with Gasteiger partial charge in [-0.15, -0.1) is 0 Å². The fourth-order valence-corrected chi connectivity index (χ4v) is 0.798. The second-order valence-corrected chi connectivity index (χ2v) is 2.16. The summed E-state index contributed by atoms with van der Waals surface area (Å²) in [6.45, 7) is 0.842. The van der Waals surface area contributed by atoms with E-state index in [9.17, 15) is 4.46 Å². The first kappa shape index (κ1) is 4.14. The van der Waals surface area contributed by atoms with Crippen molar-refractivity contribution in [3.05, 3.63) is 0 Å². The first-order valence-corrected chi connectivity index (χ1v) is 3.27. The number of rotatable bonds is 2. The molecule has 6 heavy (non-hydrogen) atoms. The average Bonchev–Trinajstić information content (AvgIpc) is 2.21. The molecule has 0 spiro atoms. The van der Waals surface area contributed by atoms with Crippen molar-refractivity contribution < 1.29 is 9.20 Å². The van der Waals surface area contributed by atoms with Crippen LogP contribution in [0.2, 0.25) is 6.04 Å². The molecule has 34 valence electrons. The Morgan fingerprint density at radius 2 is 2.67 bits per heavy atom. The minimum Gasteiger partial charge on any atom is -0.392 e. The van der Waals surface area contributed by atoms with Crippen molar-refractivity contribution in [2.45, 2.75) is 12.1 Å². The van der Waals surface area contributed by atoms with Crippen molar-refractivity contribution in [2.75, 3.05) is 6.61 Å². The van der Waals surface area contributed by atoms with Crippen molar-refractivity contribution in [2.24, 2.45) is 0 Å². The highest BCUT2D eigenvalue weighted by molar-refractivity contribution is 6.17. The van der Waals surface area contributed by atoms with E-state index >= 15 is 0 Å². The van der Waals surface area contributed by atoms with Gasteiger partial charge >= 0.3 is 0 Å². The third kappa shape index (κ3) is 0.987. The van der Waals surface area contributed by atoms with Crippen molar-refractivity contribution in [3.8, 4) is 0 Å². The van der Waals surface area contributed by atoms with Gasteiger partial charge in [0, 0.05) is 6.04 Å². The van der Waals surface area contributed by atoms with Gasteiger partial charge in [0.15, 0.2) is 0 Å². The summed E-state index contributed by atoms with van der Waals surface area (Å²) in [5, 5.41) is 0. The first-order chi connectivity index (χ1) is 2.93. The van der Waals surface area contributed by atoms with E-state index in [1.165, 1.54) is 0 Å². The zero-order chi connectivity index (χ0) is 4.41. The van der Waals surface area contributed by atoms with E-state index in [2.05, 4.69) is 0 Å². The van der Waals surface area contributed by atoms with Crippen LogP contribution in [0.1, 0.15) is 0 Å². The smallest absolute Gasteiger partial charge is 0.263 e. The molecule has 1 aliphatic rings. The highest BCUT2D eigenvalue weighted by Crippen LogP contribution is 2.10. The van der Waals surface area contributed by atoms with Crippen LogP contribution >= 0.6 is 0 Å². The molecular formula is C3H6O2Si. The second kappa shape index (κ2) is 1.62. The third-order valence-electron chi connectivity index (χ3n) is 0.761. The summed E-state index contributed by atoms with van der Waals surface area (Å²) in [6.07, 6.45) is 0.373. The molecule has 0 aromatic heterocycles. The van der Waals surface area contributed by atoms with Crippen LogP contribution in [0.4, 0.5) is 0 Å². The Balaban J connectivity index is 2.00. The summed E-state index contributed by atoms with van der Waals surface area (Å²) >= 11 is 0. The van der Waals surface area contributed by atoms with E-state index in [-0.39, 0.29) is 0 Å². The van der Waals surface area contributed by atoms with Crippen molar-refractivity contribution in [1.29, 1.82) is 0 Å². The lowest BCUT2D eigenvalue weighted by molar-refractivity contribution is 0.420. The molecule has 0 aliphatic carbocycles. The molecule has 0 aromatic carbocycles. The van der Waals surface area contributed by atoms with E-state index in [1.807, 2.05) is 0 Å². The van der Waals surface area contributed by atoms with Crippen LogP contribution in [0.25, 0.3) is 0 Å². The normalized spacial score (nSPS) is 29.7. The van der Waals surface area contributed by atoms with Gasteiger partial charge in [0.2, 0.25) is 0 Å². The summed E-state index contributed by atoms with van der Waals surface area (Å²) in [4.78, 5) is 0. The fraction of sp³-hybridized carbons (Fsp3) is 1.00. The Hall–Kier alpha value is -0.0231. The minimum absolute atomic E-state index is 0.373. The molecule has 1 heterocycles. The van der Waals surface area contributed by atoms with Gasteiger partial charge in [-0.3, -0.25) is 0 Å². The van der Waals surface area contributed by atoms with Gasteiger partial charge in [-0.2, -0.15) is 0 Å². The Morgan fingerprint density at radius 1 is 2.00 bits per heavy atom. The van der Waals surface area contributed by atoms with Crippen molar-refractivity contribution in [1.82, 2.24) is 0 Å². The highest BCUT2D eigenvalue weighted by atomic mass is 28.2. The summed E-state index contributed by atoms with van der Waals surface area (Å²) in [5.74, 6) is 0. The fourth-order valence-electron chi connectivity index (χ4n) is 0.311. The van der Waals surface area contributed by atoms with Crippen LogP contribution in [-0.2, 0) is 9.20 Å². The summed E-state index contributed by atoms with van der Waals surface area (Å²) in [6, 6.07) is 0.792. The second-order valence-electron chi connectivity index (χ2n) is 1.36. The molecule has 3 heteroatoms. The topological polar surface area (TPSA) is 29.6 Å². The zero-order valence-electron chi connectivity index (χ0n) is 3.39. The predicted octanol–water partition coefficient (Wildman–Crippen LogP) is -0.415. The Kier molecular flexibility index (Phi) is 1.12. The van der Waals surface area contributed by atoms with Crippen LogP contribution in [0.15, 0.2) is 0 Å². The van der Waals surface area contributed by atoms with Crippen LogP contribution < -0.4 is 0 Å². The van der Waals surface area contributed by atoms with E-state index < -0.39 is 9.41 Å². The SMILES string of the molecule is O=[SiH]CC1CO1. The molecule has 0 aromatic rings. The molecule has 0 radical (unpaired) electrons. The van der Waals surface area contributed by atoms with Gasteiger partial charge in [-0.05, 0) is 0 Å². The molecule has 2 nitrogen and oxygen atoms in total. The molecule has 0 saturated carbocycles. The van der Waals surface area contributed by atoms with Gasteiger partial charge < -0.3 is 9.20 Å². The molecule has 0 N–H and O–H groups in total. The van der Waals surface area contributed by atoms with Crippen LogP contribution in [-0.4, -0.2) is 22.1 Å². The molecule has 1 saturated heterocycles. The molecule has 0 bridgehead atoms. The largest absolute Gasteiger partial charge is 0.392 e. The summed E-state index contributed by atoms with van der Waals surface area (Å²) in [5.41, 5.74) is 0. The summed E-state index contributed by atoms with van der Waals surface area (Å²) in [7, 11) is -0.560. The maximum Gasteiger partial charge on any atom is 0.263 e. The van der Waals surface area contributed by atoms with Gasteiger partial charge in [-0.1, -0.05) is 0 Å². The lowest BCUT2D eigenvalue weighted by Crippen LogP contribution is -1.82. The lowest BCUT2D eigenvalue weighted by atomic mass is 10.6. The predicted molar refractivity (Wildman–Crippen MR) is 22.4 cm³/mol. The van der Waals surface area contributed by atoms with Gasteiger partial charge in [-0.25, -0.2) is 0 Å². The first-order valence-electron chi connectivity index (χ1n) is 1.98. The minimum atomic E-state index is -0.560. The number of epoxide rings is 1. The molecule has 0 amide bonds. The third-order valence-corrected chi connectivity index (χ3v) is 1.48. The average molecular weight is 102 g/mol. The highest BCUT2D eigenvalue weighted by Gasteiger charge is 2.20. The Labute approximate surface area is 38.4 Å². The Morgan fingerprint density at radius 3 is 2.83 bits per heavy atom. The zero-order valence-corrected chi connectivity index (χ0v) is 4.54.